The molecule has 21 heavy (non-hydrogen) atoms. The van der Waals surface area contributed by atoms with E-state index < -0.39 is 6.04 Å². The maximum absolute atomic E-state index is 12.5. The predicted molar refractivity (Wildman–Crippen MR) is 79.6 cm³/mol. The van der Waals surface area contributed by atoms with Crippen molar-refractivity contribution in [3.8, 4) is 0 Å². The molecule has 1 aliphatic rings. The van der Waals surface area contributed by atoms with E-state index in [1.165, 1.54) is 11.2 Å². The van der Waals surface area contributed by atoms with E-state index in [-0.39, 0.29) is 17.6 Å². The Balaban J connectivity index is 1.99. The number of hydrogen-bond donors (Lipinski definition) is 1. The summed E-state index contributed by atoms with van der Waals surface area (Å²) in [4.78, 5) is 26.4. The number of amides is 2. The lowest BCUT2D eigenvalue weighted by atomic mass is 10.0. The summed E-state index contributed by atoms with van der Waals surface area (Å²) < 4.78 is 5.96. The minimum absolute atomic E-state index is 0.187. The van der Waals surface area contributed by atoms with Crippen LogP contribution < -0.4 is 5.32 Å². The van der Waals surface area contributed by atoms with Gasteiger partial charge in [-0.3, -0.25) is 9.59 Å². The zero-order valence-corrected chi connectivity index (χ0v) is 12.7. The first kappa shape index (κ1) is 13.9. The molecule has 6 heteroatoms. The summed E-state index contributed by atoms with van der Waals surface area (Å²) in [5.74, 6) is -0.231. The van der Waals surface area contributed by atoms with Crippen LogP contribution in [0.4, 0.5) is 0 Å². The van der Waals surface area contributed by atoms with Gasteiger partial charge >= 0.3 is 0 Å². The van der Waals surface area contributed by atoms with E-state index in [1.807, 2.05) is 24.3 Å². The summed E-state index contributed by atoms with van der Waals surface area (Å²) >= 11 is 3.44. The Morgan fingerprint density at radius 2 is 2.10 bits per heavy atom. The number of carbonyl (C=O) groups is 2. The van der Waals surface area contributed by atoms with Gasteiger partial charge in [0.1, 0.15) is 6.04 Å². The molecule has 0 spiro atoms. The predicted octanol–water partition coefficient (Wildman–Crippen LogP) is 2.36. The second-order valence-electron chi connectivity index (χ2n) is 4.69. The van der Waals surface area contributed by atoms with Gasteiger partial charge in [-0.15, -0.1) is 0 Å². The Morgan fingerprint density at radius 1 is 1.29 bits per heavy atom. The Kier molecular flexibility index (Phi) is 3.79. The number of hydrogen-bond acceptors (Lipinski definition) is 3. The first-order valence-electron chi connectivity index (χ1n) is 6.55. The highest BCUT2D eigenvalue weighted by Gasteiger charge is 2.36. The lowest BCUT2D eigenvalue weighted by molar-refractivity contribution is -0.128. The van der Waals surface area contributed by atoms with Gasteiger partial charge in [0.2, 0.25) is 5.91 Å². The van der Waals surface area contributed by atoms with Crippen molar-refractivity contribution in [3.05, 3.63) is 58.5 Å². The first-order chi connectivity index (χ1) is 10.2. The number of benzene rings is 1. The molecule has 1 aromatic heterocycles. The first-order valence-corrected chi connectivity index (χ1v) is 7.34. The Morgan fingerprint density at radius 3 is 2.81 bits per heavy atom. The van der Waals surface area contributed by atoms with E-state index in [1.54, 1.807) is 12.1 Å². The fourth-order valence-corrected chi connectivity index (χ4v) is 2.94. The van der Waals surface area contributed by atoms with Crippen LogP contribution in [0.5, 0.6) is 0 Å². The average Bonchev–Trinajstić information content (AvgIpc) is 3.01. The second kappa shape index (κ2) is 5.73. The Labute approximate surface area is 130 Å². The largest absolute Gasteiger partial charge is 0.459 e. The fourth-order valence-electron chi connectivity index (χ4n) is 2.43. The highest BCUT2D eigenvalue weighted by Crippen LogP contribution is 2.30. The van der Waals surface area contributed by atoms with Crippen LogP contribution in [-0.4, -0.2) is 29.8 Å². The minimum Gasteiger partial charge on any atom is -0.459 e. The van der Waals surface area contributed by atoms with Gasteiger partial charge in [-0.05, 0) is 23.8 Å². The van der Waals surface area contributed by atoms with Crippen molar-refractivity contribution in [1.82, 2.24) is 10.2 Å². The smallest absolute Gasteiger partial charge is 0.290 e. The molecule has 0 aliphatic carbocycles. The zero-order valence-electron chi connectivity index (χ0n) is 11.1. The van der Waals surface area contributed by atoms with Crippen molar-refractivity contribution in [2.24, 2.45) is 0 Å². The molecule has 5 nitrogen and oxygen atoms in total. The van der Waals surface area contributed by atoms with Crippen LogP contribution in [0.2, 0.25) is 0 Å². The number of rotatable bonds is 2. The standard InChI is InChI=1S/C15H13BrN2O3/c16-11-5-2-1-4-10(11)13-14(19)17-7-8-18(13)15(20)12-6-3-9-21-12/h1-6,9,13H,7-8H2,(H,17,19). The lowest BCUT2D eigenvalue weighted by Crippen LogP contribution is -2.52. The maximum Gasteiger partial charge on any atom is 0.290 e. The van der Waals surface area contributed by atoms with Crippen molar-refractivity contribution in [3.63, 3.8) is 0 Å². The molecule has 0 bridgehead atoms. The van der Waals surface area contributed by atoms with Gasteiger partial charge in [0, 0.05) is 17.6 Å². The third-order valence-corrected chi connectivity index (χ3v) is 4.13. The topological polar surface area (TPSA) is 62.6 Å². The molecule has 1 aliphatic heterocycles. The van der Waals surface area contributed by atoms with Crippen LogP contribution in [0.1, 0.15) is 22.2 Å². The Bertz CT molecular complexity index is 669. The summed E-state index contributed by atoms with van der Waals surface area (Å²) in [6.07, 6.45) is 1.45. The third kappa shape index (κ3) is 2.58. The molecule has 1 aromatic carbocycles. The minimum atomic E-state index is -0.660. The fraction of sp³-hybridized carbons (Fsp3) is 0.200. The van der Waals surface area contributed by atoms with Crippen molar-refractivity contribution in [2.75, 3.05) is 13.1 Å². The number of nitrogens with zero attached hydrogens (tertiary/aromatic N) is 1. The summed E-state index contributed by atoms with van der Waals surface area (Å²) in [6.45, 7) is 0.878. The number of halogens is 1. The van der Waals surface area contributed by atoms with Crippen molar-refractivity contribution in [2.45, 2.75) is 6.04 Å². The van der Waals surface area contributed by atoms with Crippen LogP contribution in [0, 0.1) is 0 Å². The molecular formula is C15H13BrN2O3. The van der Waals surface area contributed by atoms with Gasteiger partial charge in [-0.1, -0.05) is 34.1 Å². The van der Waals surface area contributed by atoms with Crippen LogP contribution >= 0.6 is 15.9 Å². The molecule has 0 saturated carbocycles. The van der Waals surface area contributed by atoms with Gasteiger partial charge in [0.25, 0.3) is 5.91 Å². The summed E-state index contributed by atoms with van der Waals surface area (Å²) in [5, 5.41) is 2.80. The van der Waals surface area contributed by atoms with Crippen molar-refractivity contribution < 1.29 is 14.0 Å². The summed E-state index contributed by atoms with van der Waals surface area (Å²) in [6, 6.07) is 10.0. The van der Waals surface area contributed by atoms with Crippen molar-refractivity contribution in [1.29, 1.82) is 0 Å². The number of nitrogens with one attached hydrogen (secondary N) is 1. The molecule has 2 heterocycles. The van der Waals surface area contributed by atoms with Crippen LogP contribution in [0.15, 0.2) is 51.6 Å². The molecule has 2 aromatic rings. The zero-order chi connectivity index (χ0) is 14.8. The highest BCUT2D eigenvalue weighted by atomic mass is 79.9. The molecule has 1 N–H and O–H groups in total. The van der Waals surface area contributed by atoms with Crippen LogP contribution in [0.3, 0.4) is 0 Å². The molecule has 2 amide bonds. The van der Waals surface area contributed by atoms with E-state index in [2.05, 4.69) is 21.2 Å². The van der Waals surface area contributed by atoms with Gasteiger partial charge in [0.05, 0.1) is 6.26 Å². The third-order valence-electron chi connectivity index (χ3n) is 3.40. The molecule has 108 valence electrons. The highest BCUT2D eigenvalue weighted by molar-refractivity contribution is 9.10. The number of piperazine rings is 1. The summed E-state index contributed by atoms with van der Waals surface area (Å²) in [5.41, 5.74) is 0.759. The molecule has 0 radical (unpaired) electrons. The van der Waals surface area contributed by atoms with Gasteiger partial charge < -0.3 is 14.6 Å². The quantitative estimate of drug-likeness (QED) is 0.905. The average molecular weight is 349 g/mol. The normalized spacial score (nSPS) is 18.4. The Hall–Kier alpha value is -2.08. The van der Waals surface area contributed by atoms with Crippen LogP contribution in [0.25, 0.3) is 0 Å². The molecule has 3 rings (SSSR count). The lowest BCUT2D eigenvalue weighted by Gasteiger charge is -2.35. The van der Waals surface area contributed by atoms with E-state index in [0.29, 0.717) is 13.1 Å². The van der Waals surface area contributed by atoms with Crippen LogP contribution in [-0.2, 0) is 4.79 Å². The molecular weight excluding hydrogens is 336 g/mol. The van der Waals surface area contributed by atoms with Gasteiger partial charge in [0.15, 0.2) is 5.76 Å². The summed E-state index contributed by atoms with van der Waals surface area (Å²) in [7, 11) is 0. The van der Waals surface area contributed by atoms with Crippen molar-refractivity contribution >= 4 is 27.7 Å². The van der Waals surface area contributed by atoms with Gasteiger partial charge in [-0.25, -0.2) is 0 Å². The molecule has 1 unspecified atom stereocenters. The van der Waals surface area contributed by atoms with E-state index in [9.17, 15) is 9.59 Å². The number of furan rings is 1. The number of carbonyl (C=O) groups excluding carboxylic acids is 2. The van der Waals surface area contributed by atoms with E-state index in [4.69, 9.17) is 4.42 Å². The monoisotopic (exact) mass is 348 g/mol. The second-order valence-corrected chi connectivity index (χ2v) is 5.55. The van der Waals surface area contributed by atoms with Gasteiger partial charge in [-0.2, -0.15) is 0 Å². The molecule has 1 saturated heterocycles. The maximum atomic E-state index is 12.5. The molecule has 1 fully saturated rings. The van der Waals surface area contributed by atoms with E-state index >= 15 is 0 Å². The SMILES string of the molecule is O=C1NCCN(C(=O)c2ccco2)C1c1ccccc1Br. The van der Waals surface area contributed by atoms with E-state index in [0.717, 1.165) is 10.0 Å². The molecule has 1 atom stereocenters.